The molecule has 0 unspecified atom stereocenters. The normalized spacial score (nSPS) is 11.2. The molecule has 4 nitrogen and oxygen atoms in total. The lowest BCUT2D eigenvalue weighted by atomic mass is 10.1. The molecular weight excluding hydrogens is 375 g/mol. The predicted molar refractivity (Wildman–Crippen MR) is 109 cm³/mol. The van der Waals surface area contributed by atoms with Crippen LogP contribution in [-0.4, -0.2) is 19.3 Å². The molecule has 136 valence electrons. The fourth-order valence-electron chi connectivity index (χ4n) is 3.28. The number of benzene rings is 3. The SMILES string of the molecule is Fc1ccc(-n2cnc3ccc(-c4ccnn4-c4ccc(Cl)cc4)cc32)cc1. The van der Waals surface area contributed by atoms with Gasteiger partial charge in [0, 0.05) is 16.3 Å². The van der Waals surface area contributed by atoms with Crippen molar-refractivity contribution >= 4 is 22.6 Å². The molecule has 3 aromatic carbocycles. The van der Waals surface area contributed by atoms with Crippen LogP contribution in [-0.2, 0) is 0 Å². The summed E-state index contributed by atoms with van der Waals surface area (Å²) in [5, 5.41) is 5.14. The number of fused-ring (bicyclic) bond motifs is 1. The maximum atomic E-state index is 13.3. The molecule has 5 aromatic rings. The Morgan fingerprint density at radius 1 is 0.821 bits per heavy atom. The average Bonchev–Trinajstić information content (AvgIpc) is 3.36. The zero-order valence-electron chi connectivity index (χ0n) is 14.6. The zero-order valence-corrected chi connectivity index (χ0v) is 15.4. The Balaban J connectivity index is 1.63. The summed E-state index contributed by atoms with van der Waals surface area (Å²) in [6, 6.07) is 21.9. The van der Waals surface area contributed by atoms with Gasteiger partial charge in [-0.2, -0.15) is 5.10 Å². The zero-order chi connectivity index (χ0) is 19.1. The van der Waals surface area contributed by atoms with Gasteiger partial charge in [-0.25, -0.2) is 14.1 Å². The highest BCUT2D eigenvalue weighted by molar-refractivity contribution is 6.30. The smallest absolute Gasteiger partial charge is 0.123 e. The van der Waals surface area contributed by atoms with Gasteiger partial charge in [-0.1, -0.05) is 17.7 Å². The molecule has 0 saturated heterocycles. The van der Waals surface area contributed by atoms with Crippen molar-refractivity contribution in [3.8, 4) is 22.6 Å². The van der Waals surface area contributed by atoms with Gasteiger partial charge in [0.05, 0.1) is 28.6 Å². The van der Waals surface area contributed by atoms with Crippen LogP contribution in [0.3, 0.4) is 0 Å². The Morgan fingerprint density at radius 3 is 2.36 bits per heavy atom. The first kappa shape index (κ1) is 16.7. The summed E-state index contributed by atoms with van der Waals surface area (Å²) >= 11 is 6.01. The fraction of sp³-hybridized carbons (Fsp3) is 0. The van der Waals surface area contributed by atoms with Crippen LogP contribution >= 0.6 is 11.6 Å². The van der Waals surface area contributed by atoms with Crippen LogP contribution in [0.25, 0.3) is 33.7 Å². The topological polar surface area (TPSA) is 35.6 Å². The van der Waals surface area contributed by atoms with Crippen molar-refractivity contribution in [1.82, 2.24) is 19.3 Å². The van der Waals surface area contributed by atoms with Gasteiger partial charge in [0.15, 0.2) is 0 Å². The lowest BCUT2D eigenvalue weighted by Gasteiger charge is -2.09. The van der Waals surface area contributed by atoms with Crippen molar-refractivity contribution in [2.24, 2.45) is 0 Å². The third kappa shape index (κ3) is 2.86. The van der Waals surface area contributed by atoms with E-state index in [1.807, 2.05) is 51.7 Å². The molecule has 0 bridgehead atoms. The van der Waals surface area contributed by atoms with Crippen molar-refractivity contribution in [2.75, 3.05) is 0 Å². The molecule has 0 saturated carbocycles. The third-order valence-corrected chi connectivity index (χ3v) is 4.91. The Kier molecular flexibility index (Phi) is 3.95. The quantitative estimate of drug-likeness (QED) is 0.399. The number of hydrogen-bond acceptors (Lipinski definition) is 2. The Labute approximate surface area is 165 Å². The van der Waals surface area contributed by atoms with Crippen LogP contribution in [0.2, 0.25) is 5.02 Å². The summed E-state index contributed by atoms with van der Waals surface area (Å²) in [6.45, 7) is 0. The number of hydrogen-bond donors (Lipinski definition) is 0. The highest BCUT2D eigenvalue weighted by Gasteiger charge is 2.11. The monoisotopic (exact) mass is 388 g/mol. The van der Waals surface area contributed by atoms with Gasteiger partial charge in [-0.05, 0) is 66.7 Å². The maximum absolute atomic E-state index is 13.3. The van der Waals surface area contributed by atoms with E-state index >= 15 is 0 Å². The van der Waals surface area contributed by atoms with E-state index in [9.17, 15) is 4.39 Å². The summed E-state index contributed by atoms with van der Waals surface area (Å²) < 4.78 is 17.1. The Bertz CT molecular complexity index is 1270. The summed E-state index contributed by atoms with van der Waals surface area (Å²) in [7, 11) is 0. The van der Waals surface area contributed by atoms with Crippen molar-refractivity contribution in [3.05, 3.63) is 96.2 Å². The molecule has 0 amide bonds. The third-order valence-electron chi connectivity index (χ3n) is 4.66. The molecule has 6 heteroatoms. The highest BCUT2D eigenvalue weighted by Crippen LogP contribution is 2.27. The number of nitrogens with zero attached hydrogens (tertiary/aromatic N) is 4. The van der Waals surface area contributed by atoms with E-state index in [0.717, 1.165) is 33.7 Å². The van der Waals surface area contributed by atoms with Crippen LogP contribution in [0.15, 0.2) is 85.3 Å². The first-order valence-electron chi connectivity index (χ1n) is 8.72. The summed E-state index contributed by atoms with van der Waals surface area (Å²) in [4.78, 5) is 4.46. The van der Waals surface area contributed by atoms with E-state index in [1.165, 1.54) is 12.1 Å². The molecule has 0 fully saturated rings. The summed E-state index contributed by atoms with van der Waals surface area (Å²) in [5.74, 6) is -0.263. The van der Waals surface area contributed by atoms with Crippen molar-refractivity contribution in [3.63, 3.8) is 0 Å². The van der Waals surface area contributed by atoms with E-state index in [0.29, 0.717) is 5.02 Å². The minimum Gasteiger partial charge on any atom is -0.299 e. The standard InChI is InChI=1S/C22H14ClFN4/c23-16-2-6-19(7-3-16)28-21(11-12-26-28)15-1-10-20-22(13-15)27(14-25-20)18-8-4-17(24)5-9-18/h1-14H. The minimum atomic E-state index is -0.263. The average molecular weight is 389 g/mol. The summed E-state index contributed by atoms with van der Waals surface area (Å²) in [6.07, 6.45) is 3.52. The lowest BCUT2D eigenvalue weighted by Crippen LogP contribution is -1.99. The first-order chi connectivity index (χ1) is 13.7. The van der Waals surface area contributed by atoms with Crippen molar-refractivity contribution in [2.45, 2.75) is 0 Å². The van der Waals surface area contributed by atoms with Gasteiger partial charge in [-0.15, -0.1) is 0 Å². The number of halogens is 2. The van der Waals surface area contributed by atoms with Crippen LogP contribution in [0.5, 0.6) is 0 Å². The van der Waals surface area contributed by atoms with E-state index in [4.69, 9.17) is 11.6 Å². The predicted octanol–water partition coefficient (Wildman–Crippen LogP) is 5.67. The molecule has 0 aliphatic carbocycles. The summed E-state index contributed by atoms with van der Waals surface area (Å²) in [5.41, 5.74) is 5.54. The van der Waals surface area contributed by atoms with E-state index < -0.39 is 0 Å². The first-order valence-corrected chi connectivity index (χ1v) is 9.10. The minimum absolute atomic E-state index is 0.263. The molecule has 0 atom stereocenters. The Hall–Kier alpha value is -3.44. The lowest BCUT2D eigenvalue weighted by molar-refractivity contribution is 0.627. The molecule has 28 heavy (non-hydrogen) atoms. The fourth-order valence-corrected chi connectivity index (χ4v) is 3.41. The molecule has 2 aromatic heterocycles. The van der Waals surface area contributed by atoms with Crippen molar-refractivity contribution < 1.29 is 4.39 Å². The maximum Gasteiger partial charge on any atom is 0.123 e. The molecule has 0 radical (unpaired) electrons. The van der Waals surface area contributed by atoms with Gasteiger partial charge in [0.2, 0.25) is 0 Å². The molecule has 2 heterocycles. The Morgan fingerprint density at radius 2 is 1.57 bits per heavy atom. The van der Waals surface area contributed by atoms with Gasteiger partial charge in [-0.3, -0.25) is 4.57 Å². The van der Waals surface area contributed by atoms with Gasteiger partial charge >= 0.3 is 0 Å². The van der Waals surface area contributed by atoms with Crippen molar-refractivity contribution in [1.29, 1.82) is 0 Å². The second-order valence-electron chi connectivity index (χ2n) is 6.40. The second kappa shape index (κ2) is 6.62. The second-order valence-corrected chi connectivity index (χ2v) is 6.84. The van der Waals surface area contributed by atoms with Gasteiger partial charge in [0.1, 0.15) is 12.1 Å². The number of aromatic nitrogens is 4. The van der Waals surface area contributed by atoms with Gasteiger partial charge in [0.25, 0.3) is 0 Å². The molecule has 0 N–H and O–H groups in total. The van der Waals surface area contributed by atoms with Gasteiger partial charge < -0.3 is 0 Å². The van der Waals surface area contributed by atoms with E-state index in [2.05, 4.69) is 16.1 Å². The van der Waals surface area contributed by atoms with Crippen LogP contribution < -0.4 is 0 Å². The van der Waals surface area contributed by atoms with Crippen LogP contribution in [0.4, 0.5) is 4.39 Å². The van der Waals surface area contributed by atoms with Crippen LogP contribution in [0, 0.1) is 5.82 Å². The molecule has 0 aliphatic rings. The molecule has 0 spiro atoms. The number of rotatable bonds is 3. The van der Waals surface area contributed by atoms with E-state index in [1.54, 1.807) is 24.7 Å². The van der Waals surface area contributed by atoms with E-state index in [-0.39, 0.29) is 5.82 Å². The number of imidazole rings is 1. The molecular formula is C22H14ClFN4. The van der Waals surface area contributed by atoms with Crippen LogP contribution in [0.1, 0.15) is 0 Å². The highest BCUT2D eigenvalue weighted by atomic mass is 35.5. The molecule has 0 aliphatic heterocycles. The molecule has 5 rings (SSSR count). The largest absolute Gasteiger partial charge is 0.299 e.